The van der Waals surface area contributed by atoms with Gasteiger partial charge in [0.1, 0.15) is 11.6 Å². The number of hydrogen-bond donors (Lipinski definition) is 1. The summed E-state index contributed by atoms with van der Waals surface area (Å²) in [6.07, 6.45) is 1.90. The average Bonchev–Trinajstić information content (AvgIpc) is 3.66. The third kappa shape index (κ3) is 7.35. The molecule has 0 aliphatic rings. The number of aromatic hydroxyl groups is 1. The molecule has 0 amide bonds. The Morgan fingerprint density at radius 2 is 1.10 bits per heavy atom. The Morgan fingerprint density at radius 3 is 1.75 bits per heavy atom. The van der Waals surface area contributed by atoms with Crippen LogP contribution >= 0.6 is 0 Å². The second-order valence-electron chi connectivity index (χ2n) is 16.1. The standard InChI is InChI=1S/C55H47N3O/c1-35(2)42-32-49(36(3)4)54(59)50(33-42)55-57-53-48(22-15-23-52(53)58(55)47-27-37(5)26-43(31-47)39-18-11-7-12-19-39)45-28-44(40-20-13-8-14-21-40)29-46(30-45)51-34-41(24-25-56-51)38-16-9-6-10-17-38/h6-36,59H,1-5H3. The molecular weight excluding hydrogens is 719 g/mol. The number of aryl methyl sites for hydroxylation is 1. The number of fused-ring (bicyclic) bond motifs is 1. The number of benzene rings is 7. The molecule has 0 radical (unpaired) electrons. The molecule has 9 rings (SSSR count). The maximum absolute atomic E-state index is 12.2. The Balaban J connectivity index is 1.32. The summed E-state index contributed by atoms with van der Waals surface area (Å²) >= 11 is 0. The Hall–Kier alpha value is -7.04. The van der Waals surface area contributed by atoms with Gasteiger partial charge < -0.3 is 5.11 Å². The van der Waals surface area contributed by atoms with Crippen molar-refractivity contribution >= 4 is 11.0 Å². The Labute approximate surface area is 347 Å². The quantitative estimate of drug-likeness (QED) is 0.159. The van der Waals surface area contributed by atoms with E-state index in [-0.39, 0.29) is 17.6 Å². The molecule has 0 spiro atoms. The van der Waals surface area contributed by atoms with E-state index >= 15 is 0 Å². The Bertz CT molecular complexity index is 2950. The fourth-order valence-corrected chi connectivity index (χ4v) is 8.21. The van der Waals surface area contributed by atoms with E-state index < -0.39 is 0 Å². The summed E-state index contributed by atoms with van der Waals surface area (Å²) in [6.45, 7) is 10.8. The summed E-state index contributed by atoms with van der Waals surface area (Å²) in [7, 11) is 0. The third-order valence-electron chi connectivity index (χ3n) is 11.3. The van der Waals surface area contributed by atoms with Crippen molar-refractivity contribution in [3.05, 3.63) is 193 Å². The monoisotopic (exact) mass is 765 g/mol. The summed E-state index contributed by atoms with van der Waals surface area (Å²) in [5, 5.41) is 12.2. The van der Waals surface area contributed by atoms with E-state index in [0.717, 1.165) is 89.2 Å². The lowest BCUT2D eigenvalue weighted by molar-refractivity contribution is 0.466. The highest BCUT2D eigenvalue weighted by Gasteiger charge is 2.24. The second kappa shape index (κ2) is 15.7. The first-order valence-electron chi connectivity index (χ1n) is 20.5. The van der Waals surface area contributed by atoms with Crippen LogP contribution in [0.1, 0.15) is 56.2 Å². The van der Waals surface area contributed by atoms with Crippen LogP contribution in [0.4, 0.5) is 0 Å². The normalized spacial score (nSPS) is 11.5. The lowest BCUT2D eigenvalue weighted by atomic mass is 9.91. The van der Waals surface area contributed by atoms with Crippen LogP contribution in [-0.4, -0.2) is 19.6 Å². The average molecular weight is 766 g/mol. The molecule has 4 heteroatoms. The molecule has 0 aliphatic carbocycles. The van der Waals surface area contributed by atoms with Crippen LogP contribution in [-0.2, 0) is 0 Å². The largest absolute Gasteiger partial charge is 0.507 e. The van der Waals surface area contributed by atoms with Crippen LogP contribution in [0.2, 0.25) is 0 Å². The van der Waals surface area contributed by atoms with Gasteiger partial charge >= 0.3 is 0 Å². The first-order valence-corrected chi connectivity index (χ1v) is 20.5. The second-order valence-corrected chi connectivity index (χ2v) is 16.1. The van der Waals surface area contributed by atoms with Crippen molar-refractivity contribution in [2.75, 3.05) is 0 Å². The summed E-state index contributed by atoms with van der Waals surface area (Å²) in [6, 6.07) is 59.9. The topological polar surface area (TPSA) is 50.9 Å². The maximum atomic E-state index is 12.2. The fourth-order valence-electron chi connectivity index (χ4n) is 8.21. The van der Waals surface area contributed by atoms with Crippen molar-refractivity contribution < 1.29 is 5.11 Å². The van der Waals surface area contributed by atoms with Crippen molar-refractivity contribution in [1.82, 2.24) is 14.5 Å². The van der Waals surface area contributed by atoms with E-state index in [1.54, 1.807) is 0 Å². The third-order valence-corrected chi connectivity index (χ3v) is 11.3. The van der Waals surface area contributed by atoms with E-state index in [0.29, 0.717) is 5.82 Å². The predicted molar refractivity (Wildman–Crippen MR) is 246 cm³/mol. The molecule has 0 fully saturated rings. The van der Waals surface area contributed by atoms with Gasteiger partial charge in [-0.15, -0.1) is 0 Å². The number of para-hydroxylation sites is 1. The lowest BCUT2D eigenvalue weighted by Gasteiger charge is -2.18. The van der Waals surface area contributed by atoms with Crippen molar-refractivity contribution in [3.8, 4) is 78.6 Å². The van der Waals surface area contributed by atoms with Gasteiger partial charge in [-0.1, -0.05) is 143 Å². The lowest BCUT2D eigenvalue weighted by Crippen LogP contribution is -2.02. The van der Waals surface area contributed by atoms with Crippen molar-refractivity contribution in [2.45, 2.75) is 46.5 Å². The van der Waals surface area contributed by atoms with Gasteiger partial charge in [0.05, 0.1) is 22.3 Å². The number of rotatable bonds is 9. The van der Waals surface area contributed by atoms with Crippen molar-refractivity contribution in [3.63, 3.8) is 0 Å². The molecule has 59 heavy (non-hydrogen) atoms. The molecule has 4 nitrogen and oxygen atoms in total. The molecule has 2 aromatic heterocycles. The highest BCUT2D eigenvalue weighted by Crippen LogP contribution is 2.43. The van der Waals surface area contributed by atoms with Gasteiger partial charge in [0.25, 0.3) is 0 Å². The number of imidazole rings is 1. The minimum atomic E-state index is 0.123. The van der Waals surface area contributed by atoms with Crippen LogP contribution in [0.25, 0.3) is 83.9 Å². The molecule has 0 saturated carbocycles. The zero-order chi connectivity index (χ0) is 40.6. The number of hydrogen-bond acceptors (Lipinski definition) is 3. The van der Waals surface area contributed by atoms with Crippen LogP contribution in [0.15, 0.2) is 176 Å². The number of aromatic nitrogens is 3. The molecule has 288 valence electrons. The Morgan fingerprint density at radius 1 is 0.492 bits per heavy atom. The van der Waals surface area contributed by atoms with E-state index in [1.165, 1.54) is 5.56 Å². The first-order chi connectivity index (χ1) is 28.7. The molecular formula is C55H47N3O. The number of phenols is 1. The van der Waals surface area contributed by atoms with E-state index in [1.807, 2.05) is 18.3 Å². The minimum absolute atomic E-state index is 0.123. The summed E-state index contributed by atoms with van der Waals surface area (Å²) in [5.74, 6) is 1.36. The zero-order valence-electron chi connectivity index (χ0n) is 34.2. The molecule has 0 unspecified atom stereocenters. The maximum Gasteiger partial charge on any atom is 0.149 e. The Kier molecular flexibility index (Phi) is 10.00. The molecule has 1 N–H and O–H groups in total. The smallest absolute Gasteiger partial charge is 0.149 e. The molecule has 0 bridgehead atoms. The van der Waals surface area contributed by atoms with Gasteiger partial charge in [0, 0.05) is 23.0 Å². The van der Waals surface area contributed by atoms with Crippen LogP contribution in [0.3, 0.4) is 0 Å². The van der Waals surface area contributed by atoms with Gasteiger partial charge in [0.2, 0.25) is 0 Å². The fraction of sp³-hybridized carbons (Fsp3) is 0.127. The molecule has 0 saturated heterocycles. The summed E-state index contributed by atoms with van der Waals surface area (Å²) in [4.78, 5) is 10.5. The van der Waals surface area contributed by atoms with Crippen LogP contribution in [0, 0.1) is 6.92 Å². The SMILES string of the molecule is Cc1cc(-c2ccccc2)cc(-n2c(-c3cc(C(C)C)cc(C(C)C)c3O)nc3c(-c4cc(-c5ccccc5)cc(-c5cc(-c6ccccc6)ccn5)c4)cccc32)c1. The number of phenolic OH excluding ortho intramolecular Hbond substituents is 1. The van der Waals surface area contributed by atoms with Crippen LogP contribution < -0.4 is 0 Å². The van der Waals surface area contributed by atoms with Crippen LogP contribution in [0.5, 0.6) is 5.75 Å². The molecule has 0 atom stereocenters. The van der Waals surface area contributed by atoms with Gasteiger partial charge in [-0.2, -0.15) is 0 Å². The summed E-state index contributed by atoms with van der Waals surface area (Å²) < 4.78 is 2.24. The van der Waals surface area contributed by atoms with Gasteiger partial charge in [-0.25, -0.2) is 4.98 Å². The first kappa shape index (κ1) is 37.5. The highest BCUT2D eigenvalue weighted by molar-refractivity contribution is 5.98. The summed E-state index contributed by atoms with van der Waals surface area (Å²) in [5.41, 5.74) is 17.5. The van der Waals surface area contributed by atoms with Gasteiger partial charge in [-0.05, 0) is 129 Å². The highest BCUT2D eigenvalue weighted by atomic mass is 16.3. The minimum Gasteiger partial charge on any atom is -0.507 e. The van der Waals surface area contributed by atoms with E-state index in [2.05, 4.69) is 197 Å². The molecule has 0 aliphatic heterocycles. The van der Waals surface area contributed by atoms with E-state index in [4.69, 9.17) is 9.97 Å². The number of nitrogens with zero attached hydrogens (tertiary/aromatic N) is 3. The zero-order valence-corrected chi connectivity index (χ0v) is 34.2. The molecule has 2 heterocycles. The number of pyridine rings is 1. The van der Waals surface area contributed by atoms with Gasteiger partial charge in [0.15, 0.2) is 0 Å². The van der Waals surface area contributed by atoms with Crippen molar-refractivity contribution in [1.29, 1.82) is 0 Å². The van der Waals surface area contributed by atoms with E-state index in [9.17, 15) is 5.11 Å². The predicted octanol–water partition coefficient (Wildman–Crippen LogP) is 14.7. The molecule has 7 aromatic carbocycles. The van der Waals surface area contributed by atoms with Gasteiger partial charge in [-0.3, -0.25) is 9.55 Å². The van der Waals surface area contributed by atoms with Crippen molar-refractivity contribution in [2.24, 2.45) is 0 Å². The molecule has 9 aromatic rings.